The lowest BCUT2D eigenvalue weighted by Gasteiger charge is -2.03. The number of carbonyl (C=O) groups is 1. The molecule has 0 amide bonds. The van der Waals surface area contributed by atoms with Crippen LogP contribution in [-0.2, 0) is 0 Å². The van der Waals surface area contributed by atoms with Gasteiger partial charge in [0.05, 0.1) is 6.61 Å². The molecule has 1 aromatic heterocycles. The molecule has 0 saturated heterocycles. The van der Waals surface area contributed by atoms with E-state index >= 15 is 0 Å². The number of carboxylic acids is 1. The van der Waals surface area contributed by atoms with Crippen molar-refractivity contribution in [1.82, 2.24) is 4.98 Å². The second kappa shape index (κ2) is 3.89. The van der Waals surface area contributed by atoms with Gasteiger partial charge in [0.2, 0.25) is 5.88 Å². The Labute approximate surface area is 76.2 Å². The monoisotopic (exact) mass is 181 g/mol. The summed E-state index contributed by atoms with van der Waals surface area (Å²) in [7, 11) is 0. The first-order valence-electron chi connectivity index (χ1n) is 3.98. The largest absolute Gasteiger partial charge is 0.478 e. The van der Waals surface area contributed by atoms with E-state index in [1.54, 1.807) is 13.0 Å². The van der Waals surface area contributed by atoms with Crippen molar-refractivity contribution < 1.29 is 14.6 Å². The summed E-state index contributed by atoms with van der Waals surface area (Å²) < 4.78 is 5.10. The number of aryl methyl sites for hydroxylation is 1. The fourth-order valence-corrected chi connectivity index (χ4v) is 0.967. The first kappa shape index (κ1) is 9.51. The van der Waals surface area contributed by atoms with Crippen LogP contribution >= 0.6 is 0 Å². The van der Waals surface area contributed by atoms with Gasteiger partial charge in [0.1, 0.15) is 0 Å². The van der Waals surface area contributed by atoms with Crippen LogP contribution in [0.4, 0.5) is 0 Å². The average Bonchev–Trinajstić information content (AvgIpc) is 2.03. The number of pyridine rings is 1. The standard InChI is InChI=1S/C9H11NO3/c1-3-13-8-5-6(2)4-7(10-8)9(11)12/h4-5H,3H2,1-2H3,(H,11,12). The Hall–Kier alpha value is -1.58. The number of nitrogens with zero attached hydrogens (tertiary/aromatic N) is 1. The van der Waals surface area contributed by atoms with Crippen molar-refractivity contribution in [1.29, 1.82) is 0 Å². The summed E-state index contributed by atoms with van der Waals surface area (Å²) in [4.78, 5) is 14.4. The van der Waals surface area contributed by atoms with Crippen LogP contribution in [0.5, 0.6) is 5.88 Å². The maximum atomic E-state index is 10.6. The van der Waals surface area contributed by atoms with Gasteiger partial charge in [-0.25, -0.2) is 9.78 Å². The normalized spacial score (nSPS) is 9.69. The highest BCUT2D eigenvalue weighted by atomic mass is 16.5. The molecule has 1 heterocycles. The first-order valence-corrected chi connectivity index (χ1v) is 3.98. The molecule has 70 valence electrons. The van der Waals surface area contributed by atoms with E-state index in [4.69, 9.17) is 9.84 Å². The van der Waals surface area contributed by atoms with Gasteiger partial charge in [0, 0.05) is 6.07 Å². The Morgan fingerprint density at radius 3 is 2.85 bits per heavy atom. The molecule has 4 nitrogen and oxygen atoms in total. The maximum Gasteiger partial charge on any atom is 0.354 e. The van der Waals surface area contributed by atoms with E-state index in [0.29, 0.717) is 12.5 Å². The third-order valence-corrected chi connectivity index (χ3v) is 1.46. The Kier molecular flexibility index (Phi) is 2.84. The number of rotatable bonds is 3. The summed E-state index contributed by atoms with van der Waals surface area (Å²) in [6, 6.07) is 3.21. The molecule has 0 saturated carbocycles. The third-order valence-electron chi connectivity index (χ3n) is 1.46. The molecule has 0 atom stereocenters. The fraction of sp³-hybridized carbons (Fsp3) is 0.333. The van der Waals surface area contributed by atoms with Crippen LogP contribution in [0.25, 0.3) is 0 Å². The second-order valence-corrected chi connectivity index (χ2v) is 2.61. The quantitative estimate of drug-likeness (QED) is 0.767. The van der Waals surface area contributed by atoms with Crippen molar-refractivity contribution in [2.45, 2.75) is 13.8 Å². The summed E-state index contributed by atoms with van der Waals surface area (Å²) in [5, 5.41) is 8.68. The molecule has 0 radical (unpaired) electrons. The first-order chi connectivity index (χ1) is 6.13. The molecule has 0 fully saturated rings. The lowest BCUT2D eigenvalue weighted by Crippen LogP contribution is -2.03. The summed E-state index contributed by atoms with van der Waals surface area (Å²) in [6.07, 6.45) is 0. The van der Waals surface area contributed by atoms with Crippen LogP contribution in [0.2, 0.25) is 0 Å². The summed E-state index contributed by atoms with van der Waals surface area (Å²) in [6.45, 7) is 4.11. The zero-order chi connectivity index (χ0) is 9.84. The topological polar surface area (TPSA) is 59.4 Å². The summed E-state index contributed by atoms with van der Waals surface area (Å²) >= 11 is 0. The van der Waals surface area contributed by atoms with E-state index in [2.05, 4.69) is 4.98 Å². The minimum Gasteiger partial charge on any atom is -0.478 e. The van der Waals surface area contributed by atoms with E-state index in [0.717, 1.165) is 5.56 Å². The van der Waals surface area contributed by atoms with Gasteiger partial charge in [0.15, 0.2) is 5.69 Å². The highest BCUT2D eigenvalue weighted by Crippen LogP contribution is 2.11. The van der Waals surface area contributed by atoms with E-state index in [-0.39, 0.29) is 5.69 Å². The van der Waals surface area contributed by atoms with Gasteiger partial charge in [0.25, 0.3) is 0 Å². The zero-order valence-electron chi connectivity index (χ0n) is 7.57. The van der Waals surface area contributed by atoms with Crippen LogP contribution in [0.15, 0.2) is 12.1 Å². The van der Waals surface area contributed by atoms with Crippen molar-refractivity contribution >= 4 is 5.97 Å². The highest BCUT2D eigenvalue weighted by molar-refractivity contribution is 5.85. The molecule has 0 unspecified atom stereocenters. The minimum absolute atomic E-state index is 0.0171. The van der Waals surface area contributed by atoms with Crippen molar-refractivity contribution in [2.75, 3.05) is 6.61 Å². The molecule has 0 aliphatic carbocycles. The Bertz CT molecular complexity index is 323. The Morgan fingerprint density at radius 2 is 2.31 bits per heavy atom. The van der Waals surface area contributed by atoms with Gasteiger partial charge in [-0.15, -0.1) is 0 Å². The molecule has 0 spiro atoms. The summed E-state index contributed by atoms with van der Waals surface area (Å²) in [5.74, 6) is -0.676. The molecule has 0 aromatic carbocycles. The number of ether oxygens (including phenoxy) is 1. The molecule has 0 bridgehead atoms. The third kappa shape index (κ3) is 2.43. The number of carboxylic acid groups (broad SMARTS) is 1. The van der Waals surface area contributed by atoms with Gasteiger partial charge in [-0.2, -0.15) is 0 Å². The molecule has 0 aliphatic rings. The van der Waals surface area contributed by atoms with Crippen molar-refractivity contribution in [3.05, 3.63) is 23.4 Å². The van der Waals surface area contributed by atoms with Crippen LogP contribution in [-0.4, -0.2) is 22.7 Å². The van der Waals surface area contributed by atoms with Crippen molar-refractivity contribution in [3.8, 4) is 5.88 Å². The number of aromatic carboxylic acids is 1. The van der Waals surface area contributed by atoms with E-state index in [9.17, 15) is 4.79 Å². The van der Waals surface area contributed by atoms with E-state index < -0.39 is 5.97 Å². The second-order valence-electron chi connectivity index (χ2n) is 2.61. The van der Waals surface area contributed by atoms with Gasteiger partial charge < -0.3 is 9.84 Å². The van der Waals surface area contributed by atoms with Gasteiger partial charge >= 0.3 is 5.97 Å². The predicted molar refractivity (Wildman–Crippen MR) is 47.1 cm³/mol. The summed E-state index contributed by atoms with van der Waals surface area (Å²) in [5.41, 5.74) is 0.847. The lowest BCUT2D eigenvalue weighted by atomic mass is 10.2. The molecular weight excluding hydrogens is 170 g/mol. The number of aromatic nitrogens is 1. The van der Waals surface area contributed by atoms with Crippen molar-refractivity contribution in [3.63, 3.8) is 0 Å². The molecular formula is C9H11NO3. The molecule has 1 aromatic rings. The van der Waals surface area contributed by atoms with Crippen LogP contribution < -0.4 is 4.74 Å². The van der Waals surface area contributed by atoms with Gasteiger partial charge in [-0.3, -0.25) is 0 Å². The fourth-order valence-electron chi connectivity index (χ4n) is 0.967. The van der Waals surface area contributed by atoms with Gasteiger partial charge in [-0.1, -0.05) is 0 Å². The van der Waals surface area contributed by atoms with E-state index in [1.165, 1.54) is 6.07 Å². The average molecular weight is 181 g/mol. The van der Waals surface area contributed by atoms with Gasteiger partial charge in [-0.05, 0) is 25.5 Å². The molecule has 13 heavy (non-hydrogen) atoms. The smallest absolute Gasteiger partial charge is 0.354 e. The molecule has 1 N–H and O–H groups in total. The highest BCUT2D eigenvalue weighted by Gasteiger charge is 2.07. The predicted octanol–water partition coefficient (Wildman–Crippen LogP) is 1.49. The van der Waals surface area contributed by atoms with Crippen LogP contribution in [0.1, 0.15) is 23.0 Å². The van der Waals surface area contributed by atoms with Crippen LogP contribution in [0.3, 0.4) is 0 Å². The number of hydrogen-bond acceptors (Lipinski definition) is 3. The zero-order valence-corrected chi connectivity index (χ0v) is 7.57. The molecule has 4 heteroatoms. The maximum absolute atomic E-state index is 10.6. The minimum atomic E-state index is -1.04. The van der Waals surface area contributed by atoms with Crippen LogP contribution in [0, 0.1) is 6.92 Å². The molecule has 0 aliphatic heterocycles. The Morgan fingerprint density at radius 1 is 1.62 bits per heavy atom. The van der Waals surface area contributed by atoms with E-state index in [1.807, 2.05) is 6.92 Å². The molecule has 1 rings (SSSR count). The SMILES string of the molecule is CCOc1cc(C)cc(C(=O)O)n1. The number of hydrogen-bond donors (Lipinski definition) is 1. The Balaban J connectivity index is 3.03. The lowest BCUT2D eigenvalue weighted by molar-refractivity contribution is 0.0689. The van der Waals surface area contributed by atoms with Crippen molar-refractivity contribution in [2.24, 2.45) is 0 Å².